The lowest BCUT2D eigenvalue weighted by Crippen LogP contribution is -2.45. The fraction of sp³-hybridized carbons (Fsp3) is 0.455. The number of rotatable bonds is 2. The van der Waals surface area contributed by atoms with Gasteiger partial charge in [-0.25, -0.2) is 8.42 Å². The molecule has 0 saturated carbocycles. The van der Waals surface area contributed by atoms with Gasteiger partial charge in [-0.3, -0.25) is 0 Å². The summed E-state index contributed by atoms with van der Waals surface area (Å²) in [6.07, 6.45) is 1.64. The highest BCUT2D eigenvalue weighted by Crippen LogP contribution is 2.31. The summed E-state index contributed by atoms with van der Waals surface area (Å²) in [7, 11) is -3.56. The number of sulfonamides is 1. The highest BCUT2D eigenvalue weighted by Gasteiger charge is 2.30. The van der Waals surface area contributed by atoms with Gasteiger partial charge >= 0.3 is 0 Å². The Labute approximate surface area is 120 Å². The minimum Gasteiger partial charge on any atom is -0.327 e. The van der Waals surface area contributed by atoms with Crippen LogP contribution in [0, 0.1) is 0 Å². The lowest BCUT2D eigenvalue weighted by molar-refractivity contribution is 0.316. The first-order valence-electron chi connectivity index (χ1n) is 5.62. The molecule has 100 valence electrons. The van der Waals surface area contributed by atoms with Gasteiger partial charge in [0.25, 0.3) is 0 Å². The lowest BCUT2D eigenvalue weighted by Gasteiger charge is -2.30. The molecule has 7 heteroatoms. The van der Waals surface area contributed by atoms with Gasteiger partial charge in [0, 0.05) is 23.6 Å². The maximum atomic E-state index is 12.5. The van der Waals surface area contributed by atoms with Crippen molar-refractivity contribution < 1.29 is 8.42 Å². The minimum absolute atomic E-state index is 0.0977. The third-order valence-electron chi connectivity index (χ3n) is 2.95. The predicted molar refractivity (Wildman–Crippen MR) is 75.1 cm³/mol. The quantitative estimate of drug-likeness (QED) is 0.886. The normalized spacial score (nSPS) is 22.1. The van der Waals surface area contributed by atoms with Crippen LogP contribution in [-0.4, -0.2) is 31.9 Å². The highest BCUT2D eigenvalue weighted by atomic mass is 79.9. The van der Waals surface area contributed by atoms with E-state index in [0.29, 0.717) is 17.6 Å². The molecule has 0 spiro atoms. The Balaban J connectivity index is 2.39. The van der Waals surface area contributed by atoms with Crippen molar-refractivity contribution in [2.24, 2.45) is 5.73 Å². The molecular weight excluding hydrogens is 340 g/mol. The number of piperidine rings is 1. The van der Waals surface area contributed by atoms with Crippen molar-refractivity contribution in [3.63, 3.8) is 0 Å². The Hall–Kier alpha value is -0.140. The zero-order chi connectivity index (χ0) is 13.3. The molecule has 0 bridgehead atoms. The first-order valence-corrected chi connectivity index (χ1v) is 8.24. The average molecular weight is 354 g/mol. The maximum Gasteiger partial charge on any atom is 0.244 e. The van der Waals surface area contributed by atoms with Crippen molar-refractivity contribution in [1.29, 1.82) is 0 Å². The topological polar surface area (TPSA) is 63.4 Å². The van der Waals surface area contributed by atoms with Gasteiger partial charge in [-0.05, 0) is 40.9 Å². The van der Waals surface area contributed by atoms with Crippen LogP contribution in [0.25, 0.3) is 0 Å². The minimum atomic E-state index is -3.56. The Morgan fingerprint density at radius 2 is 2.17 bits per heavy atom. The molecule has 1 aliphatic heterocycles. The van der Waals surface area contributed by atoms with Crippen LogP contribution >= 0.6 is 27.5 Å². The molecule has 0 aromatic heterocycles. The standard InChI is InChI=1S/C11H14BrClN2O2S/c12-9-4-1-5-10(11(9)13)18(16,17)15-6-2-3-8(14)7-15/h1,4-5,8H,2-3,6-7,14H2/t8-/m1/s1. The molecule has 0 aliphatic carbocycles. The van der Waals surface area contributed by atoms with Gasteiger partial charge in [0.2, 0.25) is 10.0 Å². The van der Waals surface area contributed by atoms with E-state index in [2.05, 4.69) is 15.9 Å². The van der Waals surface area contributed by atoms with Crippen LogP contribution in [0.3, 0.4) is 0 Å². The summed E-state index contributed by atoms with van der Waals surface area (Å²) < 4.78 is 26.9. The summed E-state index contributed by atoms with van der Waals surface area (Å²) in [6, 6.07) is 4.79. The zero-order valence-corrected chi connectivity index (χ0v) is 12.8. The number of hydrogen-bond acceptors (Lipinski definition) is 3. The van der Waals surface area contributed by atoms with Crippen molar-refractivity contribution in [3.05, 3.63) is 27.7 Å². The highest BCUT2D eigenvalue weighted by molar-refractivity contribution is 9.10. The third kappa shape index (κ3) is 2.72. The van der Waals surface area contributed by atoms with E-state index in [4.69, 9.17) is 17.3 Å². The van der Waals surface area contributed by atoms with Gasteiger partial charge in [0.1, 0.15) is 4.90 Å². The Bertz CT molecular complexity index is 550. The molecular formula is C11H14BrClN2O2S. The summed E-state index contributed by atoms with van der Waals surface area (Å²) in [5.41, 5.74) is 5.82. The van der Waals surface area contributed by atoms with Crippen molar-refractivity contribution in [2.75, 3.05) is 13.1 Å². The largest absolute Gasteiger partial charge is 0.327 e. The number of nitrogens with zero attached hydrogens (tertiary/aromatic N) is 1. The van der Waals surface area contributed by atoms with E-state index in [9.17, 15) is 8.42 Å². The molecule has 1 aromatic carbocycles. The van der Waals surface area contributed by atoms with E-state index in [1.165, 1.54) is 10.4 Å². The van der Waals surface area contributed by atoms with Crippen molar-refractivity contribution >= 4 is 37.6 Å². The van der Waals surface area contributed by atoms with Gasteiger partial charge < -0.3 is 5.73 Å². The molecule has 1 heterocycles. The second-order valence-corrected chi connectivity index (χ2v) is 7.46. The van der Waals surface area contributed by atoms with E-state index in [1.807, 2.05) is 0 Å². The predicted octanol–water partition coefficient (Wildman–Crippen LogP) is 2.21. The van der Waals surface area contributed by atoms with Crippen molar-refractivity contribution in [3.8, 4) is 0 Å². The van der Waals surface area contributed by atoms with Crippen LogP contribution in [0.1, 0.15) is 12.8 Å². The van der Waals surface area contributed by atoms with E-state index in [0.717, 1.165) is 12.8 Å². The SMILES string of the molecule is N[C@@H]1CCCN(S(=O)(=O)c2cccc(Br)c2Cl)C1. The zero-order valence-electron chi connectivity index (χ0n) is 9.64. The molecule has 1 saturated heterocycles. The molecule has 0 amide bonds. The molecule has 2 N–H and O–H groups in total. The van der Waals surface area contributed by atoms with Crippen molar-refractivity contribution in [1.82, 2.24) is 4.31 Å². The van der Waals surface area contributed by atoms with Gasteiger partial charge in [0.15, 0.2) is 0 Å². The summed E-state index contributed by atoms with van der Waals surface area (Å²) in [4.78, 5) is 0.132. The Kier molecular flexibility index (Phi) is 4.33. The van der Waals surface area contributed by atoms with Crippen LogP contribution in [0.15, 0.2) is 27.6 Å². The Morgan fingerprint density at radius 1 is 1.44 bits per heavy atom. The smallest absolute Gasteiger partial charge is 0.244 e. The van der Waals surface area contributed by atoms with Gasteiger partial charge in [0.05, 0.1) is 5.02 Å². The number of nitrogens with two attached hydrogens (primary N) is 1. The van der Waals surface area contributed by atoms with E-state index in [-0.39, 0.29) is 16.0 Å². The van der Waals surface area contributed by atoms with Crippen LogP contribution in [0.5, 0.6) is 0 Å². The second kappa shape index (κ2) is 5.46. The van der Waals surface area contributed by atoms with E-state index < -0.39 is 10.0 Å². The molecule has 1 aromatic rings. The molecule has 0 radical (unpaired) electrons. The summed E-state index contributed by atoms with van der Waals surface area (Å²) in [5, 5.41) is 0.219. The fourth-order valence-electron chi connectivity index (χ4n) is 2.01. The molecule has 1 fully saturated rings. The second-order valence-electron chi connectivity index (χ2n) is 4.32. The molecule has 1 atom stereocenters. The fourth-order valence-corrected chi connectivity index (χ4v) is 4.55. The van der Waals surface area contributed by atoms with Gasteiger partial charge in [-0.15, -0.1) is 0 Å². The first kappa shape index (κ1) is 14.3. The summed E-state index contributed by atoms with van der Waals surface area (Å²) >= 11 is 9.28. The average Bonchev–Trinajstić information content (AvgIpc) is 2.32. The monoisotopic (exact) mass is 352 g/mol. The summed E-state index contributed by atoms with van der Waals surface area (Å²) in [5.74, 6) is 0. The van der Waals surface area contributed by atoms with E-state index >= 15 is 0 Å². The van der Waals surface area contributed by atoms with Crippen molar-refractivity contribution in [2.45, 2.75) is 23.8 Å². The Morgan fingerprint density at radius 3 is 2.83 bits per heavy atom. The summed E-state index contributed by atoms with van der Waals surface area (Å²) in [6.45, 7) is 0.851. The number of hydrogen-bond donors (Lipinski definition) is 1. The van der Waals surface area contributed by atoms with Crippen LogP contribution in [-0.2, 0) is 10.0 Å². The molecule has 2 rings (SSSR count). The number of benzene rings is 1. The van der Waals surface area contributed by atoms with Gasteiger partial charge in [-0.2, -0.15) is 4.31 Å². The maximum absolute atomic E-state index is 12.5. The molecule has 18 heavy (non-hydrogen) atoms. The third-order valence-corrected chi connectivity index (χ3v) is 6.27. The van der Waals surface area contributed by atoms with Crippen LogP contribution in [0.4, 0.5) is 0 Å². The molecule has 4 nitrogen and oxygen atoms in total. The van der Waals surface area contributed by atoms with Crippen LogP contribution < -0.4 is 5.73 Å². The number of halogens is 2. The first-order chi connectivity index (χ1) is 8.43. The van der Waals surface area contributed by atoms with E-state index in [1.54, 1.807) is 12.1 Å². The molecule has 0 unspecified atom stereocenters. The van der Waals surface area contributed by atoms with Crippen LogP contribution in [0.2, 0.25) is 5.02 Å². The van der Waals surface area contributed by atoms with Gasteiger partial charge in [-0.1, -0.05) is 17.7 Å². The lowest BCUT2D eigenvalue weighted by atomic mass is 10.1. The molecule has 1 aliphatic rings.